The molecule has 0 spiro atoms. The molecule has 2 aromatic carbocycles. The second-order valence-corrected chi connectivity index (χ2v) is 4.92. The van der Waals surface area contributed by atoms with E-state index >= 15 is 0 Å². The van der Waals surface area contributed by atoms with Crippen molar-refractivity contribution in [3.05, 3.63) is 65.2 Å². The summed E-state index contributed by atoms with van der Waals surface area (Å²) in [7, 11) is 1.64. The molecule has 0 fully saturated rings. The van der Waals surface area contributed by atoms with Gasteiger partial charge in [-0.05, 0) is 54.8 Å². The van der Waals surface area contributed by atoms with Crippen molar-refractivity contribution < 1.29 is 9.53 Å². The maximum absolute atomic E-state index is 11.9. The summed E-state index contributed by atoms with van der Waals surface area (Å²) in [6.07, 6.45) is 3.29. The first-order valence-electron chi connectivity index (χ1n) is 6.79. The van der Waals surface area contributed by atoms with Gasteiger partial charge in [-0.2, -0.15) is 0 Å². The minimum Gasteiger partial charge on any atom is -0.496 e. The van der Waals surface area contributed by atoms with Gasteiger partial charge in [-0.3, -0.25) is 4.79 Å². The lowest BCUT2D eigenvalue weighted by atomic mass is 10.1. The lowest BCUT2D eigenvalue weighted by Crippen LogP contribution is -2.07. The van der Waals surface area contributed by atoms with Crippen molar-refractivity contribution in [1.82, 2.24) is 0 Å². The van der Waals surface area contributed by atoms with Gasteiger partial charge in [0, 0.05) is 11.8 Å². The molecule has 2 aromatic rings. The Morgan fingerprint density at radius 2 is 1.95 bits per heavy atom. The normalized spacial score (nSPS) is 10.6. The summed E-state index contributed by atoms with van der Waals surface area (Å²) in [4.78, 5) is 11.9. The molecule has 1 N–H and O–H groups in total. The quantitative estimate of drug-likeness (QED) is 0.861. The fraction of sp³-hybridized carbons (Fsp3) is 0.167. The first-order valence-corrected chi connectivity index (χ1v) is 6.79. The number of hydrogen-bond acceptors (Lipinski definition) is 2. The van der Waals surface area contributed by atoms with E-state index in [1.807, 2.05) is 56.3 Å². The molecule has 0 aliphatic rings. The SMILES string of the molecule is COc1cc(/C=C/C(=O)Nc2cccc(C)c2)ccc1C. The molecular formula is C18H19NO2. The Morgan fingerprint density at radius 1 is 1.14 bits per heavy atom. The Bertz CT molecular complexity index is 675. The third-order valence-corrected chi connectivity index (χ3v) is 3.14. The molecule has 2 rings (SSSR count). The number of anilines is 1. The number of rotatable bonds is 4. The summed E-state index contributed by atoms with van der Waals surface area (Å²) in [5, 5.41) is 2.84. The topological polar surface area (TPSA) is 38.3 Å². The first-order chi connectivity index (χ1) is 10.1. The van der Waals surface area contributed by atoms with Gasteiger partial charge in [-0.15, -0.1) is 0 Å². The summed E-state index contributed by atoms with van der Waals surface area (Å²) in [5.74, 6) is 0.663. The molecule has 0 bridgehead atoms. The summed E-state index contributed by atoms with van der Waals surface area (Å²) < 4.78 is 5.27. The molecular weight excluding hydrogens is 262 g/mol. The third kappa shape index (κ3) is 4.21. The van der Waals surface area contributed by atoms with Gasteiger partial charge in [0.1, 0.15) is 5.75 Å². The van der Waals surface area contributed by atoms with Crippen molar-refractivity contribution in [2.45, 2.75) is 13.8 Å². The van der Waals surface area contributed by atoms with Gasteiger partial charge in [0.15, 0.2) is 0 Å². The molecule has 0 aliphatic heterocycles. The predicted molar refractivity (Wildman–Crippen MR) is 86.6 cm³/mol. The molecule has 3 nitrogen and oxygen atoms in total. The first kappa shape index (κ1) is 14.9. The van der Waals surface area contributed by atoms with E-state index in [0.717, 1.165) is 28.1 Å². The van der Waals surface area contributed by atoms with Crippen molar-refractivity contribution in [3.8, 4) is 5.75 Å². The highest BCUT2D eigenvalue weighted by atomic mass is 16.5. The van der Waals surface area contributed by atoms with Crippen LogP contribution in [-0.4, -0.2) is 13.0 Å². The Labute approximate surface area is 125 Å². The molecule has 108 valence electrons. The molecule has 0 aromatic heterocycles. The van der Waals surface area contributed by atoms with Crippen LogP contribution in [0.1, 0.15) is 16.7 Å². The number of hydrogen-bond donors (Lipinski definition) is 1. The van der Waals surface area contributed by atoms with E-state index in [2.05, 4.69) is 5.32 Å². The number of nitrogens with one attached hydrogen (secondary N) is 1. The fourth-order valence-electron chi connectivity index (χ4n) is 2.02. The highest BCUT2D eigenvalue weighted by Gasteiger charge is 2.00. The van der Waals surface area contributed by atoms with Crippen molar-refractivity contribution >= 4 is 17.7 Å². The molecule has 1 amide bonds. The van der Waals surface area contributed by atoms with Crippen LogP contribution in [0, 0.1) is 13.8 Å². The molecule has 21 heavy (non-hydrogen) atoms. The van der Waals surface area contributed by atoms with E-state index in [4.69, 9.17) is 4.74 Å². The van der Waals surface area contributed by atoms with Crippen molar-refractivity contribution in [2.24, 2.45) is 0 Å². The van der Waals surface area contributed by atoms with Crippen LogP contribution >= 0.6 is 0 Å². The smallest absolute Gasteiger partial charge is 0.248 e. The van der Waals surface area contributed by atoms with Crippen LogP contribution < -0.4 is 10.1 Å². The van der Waals surface area contributed by atoms with Crippen LogP contribution in [0.3, 0.4) is 0 Å². The number of aryl methyl sites for hydroxylation is 2. The zero-order valence-corrected chi connectivity index (χ0v) is 12.5. The predicted octanol–water partition coefficient (Wildman–Crippen LogP) is 3.96. The number of amides is 1. The van der Waals surface area contributed by atoms with Crippen LogP contribution in [0.2, 0.25) is 0 Å². The maximum Gasteiger partial charge on any atom is 0.248 e. The largest absolute Gasteiger partial charge is 0.496 e. The Hall–Kier alpha value is -2.55. The number of carbonyl (C=O) groups is 1. The van der Waals surface area contributed by atoms with Crippen molar-refractivity contribution in [2.75, 3.05) is 12.4 Å². The lowest BCUT2D eigenvalue weighted by Gasteiger charge is -2.05. The maximum atomic E-state index is 11.9. The number of benzene rings is 2. The van der Waals surface area contributed by atoms with E-state index in [-0.39, 0.29) is 5.91 Å². The molecule has 0 aliphatic carbocycles. The average Bonchev–Trinajstić information content (AvgIpc) is 2.46. The Kier molecular flexibility index (Phi) is 4.77. The van der Waals surface area contributed by atoms with E-state index in [1.165, 1.54) is 6.08 Å². The molecule has 0 saturated carbocycles. The minimum absolute atomic E-state index is 0.153. The second kappa shape index (κ2) is 6.75. The lowest BCUT2D eigenvalue weighted by molar-refractivity contribution is -0.111. The third-order valence-electron chi connectivity index (χ3n) is 3.14. The van der Waals surface area contributed by atoms with Gasteiger partial charge in [0.25, 0.3) is 0 Å². The van der Waals surface area contributed by atoms with Gasteiger partial charge >= 0.3 is 0 Å². The minimum atomic E-state index is -0.153. The van der Waals surface area contributed by atoms with Gasteiger partial charge in [0.2, 0.25) is 5.91 Å². The summed E-state index contributed by atoms with van der Waals surface area (Å²) in [5.41, 5.74) is 3.90. The van der Waals surface area contributed by atoms with Crippen LogP contribution in [-0.2, 0) is 4.79 Å². The van der Waals surface area contributed by atoms with Gasteiger partial charge in [-0.25, -0.2) is 0 Å². The van der Waals surface area contributed by atoms with E-state index in [9.17, 15) is 4.79 Å². The standard InChI is InChI=1S/C18H19NO2/c1-13-5-4-6-16(11-13)19-18(20)10-9-15-8-7-14(2)17(12-15)21-3/h4-12H,1-3H3,(H,19,20)/b10-9+. The summed E-state index contributed by atoms with van der Waals surface area (Å²) in [6.45, 7) is 3.97. The van der Waals surface area contributed by atoms with Crippen LogP contribution in [0.4, 0.5) is 5.69 Å². The zero-order chi connectivity index (χ0) is 15.2. The fourth-order valence-corrected chi connectivity index (χ4v) is 2.02. The summed E-state index contributed by atoms with van der Waals surface area (Å²) >= 11 is 0. The van der Waals surface area contributed by atoms with Crippen LogP contribution in [0.25, 0.3) is 6.08 Å². The van der Waals surface area contributed by atoms with Crippen molar-refractivity contribution in [1.29, 1.82) is 0 Å². The van der Waals surface area contributed by atoms with E-state index in [1.54, 1.807) is 13.2 Å². The molecule has 0 saturated heterocycles. The molecule has 3 heteroatoms. The summed E-state index contributed by atoms with van der Waals surface area (Å²) in [6, 6.07) is 13.5. The number of carbonyl (C=O) groups excluding carboxylic acids is 1. The number of ether oxygens (including phenoxy) is 1. The van der Waals surface area contributed by atoms with Gasteiger partial charge < -0.3 is 10.1 Å². The monoisotopic (exact) mass is 281 g/mol. The molecule has 0 atom stereocenters. The van der Waals surface area contributed by atoms with Crippen LogP contribution in [0.5, 0.6) is 5.75 Å². The van der Waals surface area contributed by atoms with Gasteiger partial charge in [-0.1, -0.05) is 24.3 Å². The molecule has 0 unspecified atom stereocenters. The highest BCUT2D eigenvalue weighted by molar-refractivity contribution is 6.01. The zero-order valence-electron chi connectivity index (χ0n) is 12.5. The molecule has 0 radical (unpaired) electrons. The van der Waals surface area contributed by atoms with E-state index < -0.39 is 0 Å². The second-order valence-electron chi connectivity index (χ2n) is 4.92. The average molecular weight is 281 g/mol. The van der Waals surface area contributed by atoms with Crippen LogP contribution in [0.15, 0.2) is 48.5 Å². The Balaban J connectivity index is 2.05. The number of methoxy groups -OCH3 is 1. The molecule has 0 heterocycles. The van der Waals surface area contributed by atoms with Crippen molar-refractivity contribution in [3.63, 3.8) is 0 Å². The Morgan fingerprint density at radius 3 is 2.67 bits per heavy atom. The van der Waals surface area contributed by atoms with Gasteiger partial charge in [0.05, 0.1) is 7.11 Å². The van der Waals surface area contributed by atoms with E-state index in [0.29, 0.717) is 0 Å². The highest BCUT2D eigenvalue weighted by Crippen LogP contribution is 2.19.